The van der Waals surface area contributed by atoms with Crippen molar-refractivity contribution >= 4 is 58.5 Å². The first-order valence-electron chi connectivity index (χ1n) is 30.2. The van der Waals surface area contributed by atoms with Crippen LogP contribution in [0.25, 0.3) is 0 Å². The monoisotopic (exact) mass is 1050 g/mol. The molecular weight excluding hydrogens is 929 g/mol. The molecule has 11 heteroatoms. The minimum atomic E-state index is -4.58. The first-order valence-corrected chi connectivity index (χ1v) is 32.9. The molecule has 0 rings (SSSR count). The van der Waals surface area contributed by atoms with Gasteiger partial charge in [0.2, 0.25) is 20.8 Å². The van der Waals surface area contributed by atoms with Crippen LogP contribution in [0.5, 0.6) is 0 Å². The second-order valence-corrected chi connectivity index (χ2v) is 23.2. The molecule has 0 N–H and O–H groups in total. The number of hydrogen-bond acceptors (Lipinski definition) is 8. The van der Waals surface area contributed by atoms with Crippen LogP contribution in [0.4, 0.5) is 0 Å². The average Bonchev–Trinajstić information content (AvgIpc) is 3.30. The fraction of sp³-hybridized carbons (Fsp3) is 1.00. The van der Waals surface area contributed by atoms with E-state index >= 15 is 0 Å². The molecule has 0 fully saturated rings. The van der Waals surface area contributed by atoms with Crippen LogP contribution in [0.2, 0.25) is 0 Å². The summed E-state index contributed by atoms with van der Waals surface area (Å²) in [6.45, 7) is 9.17. The number of unbranched alkanes of at least 4 members (excludes halogenated alkanes) is 42. The SMILES string of the molecule is CCCCCCCCCCCCCCCCCC(CCCCCCCCCC)COS(=O)(=O)[O-].CCCCCCCCCCCCCCCCCC(CCCCCCCCCC)COS(=O)(=O)[O-].[Ca+2]. The van der Waals surface area contributed by atoms with Crippen molar-refractivity contribution in [1.29, 1.82) is 0 Å². The fourth-order valence-corrected chi connectivity index (χ4v) is 10.4. The van der Waals surface area contributed by atoms with E-state index < -0.39 is 20.8 Å². The zero-order valence-corrected chi connectivity index (χ0v) is 50.6. The molecule has 69 heavy (non-hydrogen) atoms. The molecule has 0 aliphatic rings. The predicted molar refractivity (Wildman–Crippen MR) is 298 cm³/mol. The van der Waals surface area contributed by atoms with Crippen LogP contribution in [0.1, 0.15) is 349 Å². The predicted octanol–water partition coefficient (Wildman–Crippen LogP) is 19.4. The summed E-state index contributed by atoms with van der Waals surface area (Å²) in [4.78, 5) is 0. The molecule has 0 aromatic rings. The maximum absolute atomic E-state index is 10.9. The summed E-state index contributed by atoms with van der Waals surface area (Å²) in [5, 5.41) is 0. The molecule has 2 unspecified atom stereocenters. The number of hydrogen-bond donors (Lipinski definition) is 0. The standard InChI is InChI=1S/2C29H60O4S.Ca/c2*1-3-5-7-9-11-13-14-15-16-17-18-19-21-23-25-27-29(28-33-34(30,31)32)26-24-22-20-12-10-8-6-4-2;/h2*29H,3-28H2,1-2H3,(H,30,31,32);/q;;+2/p-2. The van der Waals surface area contributed by atoms with Gasteiger partial charge in [-0.1, -0.05) is 323 Å². The van der Waals surface area contributed by atoms with Crippen molar-refractivity contribution in [3.8, 4) is 0 Å². The molecule has 0 spiro atoms. The summed E-state index contributed by atoms with van der Waals surface area (Å²) in [6.07, 6.45) is 64.6. The van der Waals surface area contributed by atoms with E-state index in [9.17, 15) is 25.9 Å². The third-order valence-corrected chi connectivity index (χ3v) is 15.1. The van der Waals surface area contributed by atoms with Gasteiger partial charge in [0.05, 0.1) is 13.2 Å². The molecule has 412 valence electrons. The van der Waals surface area contributed by atoms with E-state index in [0.717, 1.165) is 51.4 Å². The average molecular weight is 1050 g/mol. The molecule has 0 aliphatic heterocycles. The second kappa shape index (κ2) is 59.9. The van der Waals surface area contributed by atoms with Gasteiger partial charge in [0.1, 0.15) is 0 Å². The van der Waals surface area contributed by atoms with Gasteiger partial charge in [-0.25, -0.2) is 16.8 Å². The van der Waals surface area contributed by atoms with E-state index in [1.54, 1.807) is 0 Å². The summed E-state index contributed by atoms with van der Waals surface area (Å²) in [6, 6.07) is 0. The van der Waals surface area contributed by atoms with Crippen molar-refractivity contribution < 1.29 is 34.3 Å². The summed E-state index contributed by atoms with van der Waals surface area (Å²) < 4.78 is 74.4. The molecule has 0 amide bonds. The van der Waals surface area contributed by atoms with Crippen molar-refractivity contribution in [1.82, 2.24) is 0 Å². The van der Waals surface area contributed by atoms with Crippen LogP contribution in [-0.2, 0) is 29.2 Å². The van der Waals surface area contributed by atoms with Gasteiger partial charge in [-0.3, -0.25) is 8.37 Å². The third kappa shape index (κ3) is 69.0. The minimum Gasteiger partial charge on any atom is -0.726 e. The third-order valence-electron chi connectivity index (χ3n) is 14.3. The minimum absolute atomic E-state index is 0. The Labute approximate surface area is 463 Å². The van der Waals surface area contributed by atoms with E-state index in [2.05, 4.69) is 36.1 Å². The molecule has 0 saturated heterocycles. The zero-order chi connectivity index (χ0) is 50.3. The Morgan fingerprint density at radius 1 is 0.261 bits per heavy atom. The van der Waals surface area contributed by atoms with Gasteiger partial charge in [0.25, 0.3) is 0 Å². The van der Waals surface area contributed by atoms with Gasteiger partial charge in [0, 0.05) is 0 Å². The van der Waals surface area contributed by atoms with Crippen molar-refractivity contribution in [3.05, 3.63) is 0 Å². The van der Waals surface area contributed by atoms with Crippen LogP contribution in [0.3, 0.4) is 0 Å². The van der Waals surface area contributed by atoms with Crippen LogP contribution >= 0.6 is 0 Å². The molecule has 2 atom stereocenters. The van der Waals surface area contributed by atoms with Gasteiger partial charge in [0.15, 0.2) is 0 Å². The van der Waals surface area contributed by atoms with Crippen molar-refractivity contribution in [2.75, 3.05) is 13.2 Å². The Morgan fingerprint density at radius 2 is 0.391 bits per heavy atom. The Morgan fingerprint density at radius 3 is 0.522 bits per heavy atom. The summed E-state index contributed by atoms with van der Waals surface area (Å²) in [7, 11) is -9.15. The Kier molecular flexibility index (Phi) is 64.4. The van der Waals surface area contributed by atoms with Crippen LogP contribution < -0.4 is 0 Å². The molecule has 0 aromatic carbocycles. The summed E-state index contributed by atoms with van der Waals surface area (Å²) >= 11 is 0. The van der Waals surface area contributed by atoms with E-state index in [-0.39, 0.29) is 62.8 Å². The second-order valence-electron chi connectivity index (χ2n) is 21.1. The first-order chi connectivity index (χ1) is 33.0. The van der Waals surface area contributed by atoms with Crippen molar-refractivity contribution in [2.24, 2.45) is 11.8 Å². The normalized spacial score (nSPS) is 12.7. The van der Waals surface area contributed by atoms with Crippen LogP contribution in [0, 0.1) is 11.8 Å². The molecular formula is C58H118CaO8S2. The van der Waals surface area contributed by atoms with Crippen LogP contribution in [0.15, 0.2) is 0 Å². The molecule has 0 heterocycles. The van der Waals surface area contributed by atoms with E-state index in [1.165, 1.54) is 270 Å². The molecule has 0 radical (unpaired) electrons. The zero-order valence-electron chi connectivity index (χ0n) is 46.7. The van der Waals surface area contributed by atoms with Gasteiger partial charge < -0.3 is 9.11 Å². The van der Waals surface area contributed by atoms with E-state index in [4.69, 9.17) is 0 Å². The smallest absolute Gasteiger partial charge is 0.726 e. The quantitative estimate of drug-likeness (QED) is 0.0255. The molecule has 0 aliphatic carbocycles. The first kappa shape index (κ1) is 74.2. The topological polar surface area (TPSA) is 133 Å². The van der Waals surface area contributed by atoms with Gasteiger partial charge >= 0.3 is 37.7 Å². The Balaban J connectivity index is -0.00000124. The van der Waals surface area contributed by atoms with E-state index in [0.29, 0.717) is 0 Å². The molecule has 0 aromatic heterocycles. The van der Waals surface area contributed by atoms with Gasteiger partial charge in [-0.05, 0) is 37.5 Å². The Hall–Kier alpha value is 1.000. The maximum atomic E-state index is 10.9. The van der Waals surface area contributed by atoms with Crippen LogP contribution in [-0.4, -0.2) is 76.9 Å². The van der Waals surface area contributed by atoms with Crippen molar-refractivity contribution in [3.63, 3.8) is 0 Å². The van der Waals surface area contributed by atoms with Gasteiger partial charge in [-0.2, -0.15) is 0 Å². The van der Waals surface area contributed by atoms with Crippen molar-refractivity contribution in [2.45, 2.75) is 349 Å². The molecule has 8 nitrogen and oxygen atoms in total. The molecule has 0 saturated carbocycles. The fourth-order valence-electron chi connectivity index (χ4n) is 9.72. The van der Waals surface area contributed by atoms with E-state index in [1.807, 2.05) is 0 Å². The number of rotatable bonds is 56. The maximum Gasteiger partial charge on any atom is 2.00 e. The molecule has 0 bridgehead atoms. The largest absolute Gasteiger partial charge is 2.00 e. The van der Waals surface area contributed by atoms with Gasteiger partial charge in [-0.15, -0.1) is 0 Å². The summed E-state index contributed by atoms with van der Waals surface area (Å²) in [5.41, 5.74) is 0. The summed E-state index contributed by atoms with van der Waals surface area (Å²) in [5.74, 6) is 0.400. The Bertz CT molecular complexity index is 1080.